The molecular formula is C38H53F5N2O4S. The highest BCUT2D eigenvalue weighted by molar-refractivity contribution is 7.84. The Bertz CT molecular complexity index is 1420. The molecule has 1 aromatic carbocycles. The lowest BCUT2D eigenvalue weighted by atomic mass is 9.52. The predicted octanol–water partition coefficient (Wildman–Crippen LogP) is 8.47. The van der Waals surface area contributed by atoms with Gasteiger partial charge in [-0.05, 0) is 137 Å². The number of halogens is 5. The average Bonchev–Trinajstić information content (AvgIpc) is 3.72. The van der Waals surface area contributed by atoms with Gasteiger partial charge >= 0.3 is 18.2 Å². The van der Waals surface area contributed by atoms with Crippen LogP contribution >= 0.6 is 0 Å². The molecule has 5 aliphatic rings. The lowest BCUT2D eigenvalue weighted by Gasteiger charge is -2.52. The summed E-state index contributed by atoms with van der Waals surface area (Å²) in [5.74, 6) is -2.83. The van der Waals surface area contributed by atoms with Crippen LogP contribution in [-0.2, 0) is 28.4 Å². The molecule has 2 saturated heterocycles. The molecule has 2 heterocycles. The summed E-state index contributed by atoms with van der Waals surface area (Å²) in [6.07, 6.45) is 2.59. The zero-order chi connectivity index (χ0) is 35.8. The van der Waals surface area contributed by atoms with Gasteiger partial charge in [0.15, 0.2) is 0 Å². The molecule has 12 heteroatoms. The molecule has 4 fully saturated rings. The van der Waals surface area contributed by atoms with Crippen molar-refractivity contribution in [3.05, 3.63) is 28.8 Å². The van der Waals surface area contributed by atoms with E-state index >= 15 is 0 Å². The van der Waals surface area contributed by atoms with Crippen molar-refractivity contribution < 1.29 is 40.5 Å². The van der Waals surface area contributed by atoms with Crippen LogP contribution in [0.1, 0.15) is 114 Å². The highest BCUT2D eigenvalue weighted by atomic mass is 32.2. The molecule has 0 radical (unpaired) electrons. The van der Waals surface area contributed by atoms with E-state index in [1.54, 1.807) is 0 Å². The highest BCUT2D eigenvalue weighted by Crippen LogP contribution is 2.62. The standard InChI is InChI=1S/C38H53F5N2O4S/c1-3-25-23-30-27(24-32(25)49-35(47)45-18-12-28(13-19-45)44-16-4-5-17-44)22-26(34-29(30)11-15-36(2)31(34)9-10-33(36)46)8-6-20-50(48)21-7-14-37(39,40)38(41,42)43/h23-24,26,28-29,31,34H,3-22H2,1-2H3/t26-,29-,31+,34-,36+,50?/m1/s1. The van der Waals surface area contributed by atoms with Crippen LogP contribution in [0.15, 0.2) is 12.1 Å². The Labute approximate surface area is 295 Å². The molecular weight excluding hydrogens is 675 g/mol. The minimum Gasteiger partial charge on any atom is -0.410 e. The minimum absolute atomic E-state index is 0.190. The van der Waals surface area contributed by atoms with Crippen LogP contribution in [0.4, 0.5) is 26.7 Å². The number of aryl methyl sites for hydroxylation is 1. The summed E-state index contributed by atoms with van der Waals surface area (Å²) in [4.78, 5) is 30.9. The number of ether oxygens (including phenoxy) is 1. The molecule has 6 nitrogen and oxygen atoms in total. The number of alkyl halides is 5. The van der Waals surface area contributed by atoms with Crippen LogP contribution in [-0.4, -0.2) is 81.7 Å². The largest absolute Gasteiger partial charge is 0.453 e. The molecule has 280 valence electrons. The number of benzene rings is 1. The van der Waals surface area contributed by atoms with Gasteiger partial charge in [-0.3, -0.25) is 9.00 Å². The third-order valence-electron chi connectivity index (χ3n) is 13.0. The average molecular weight is 729 g/mol. The summed E-state index contributed by atoms with van der Waals surface area (Å²) in [6, 6.07) is 4.82. The monoisotopic (exact) mass is 728 g/mol. The SMILES string of the molecule is CCc1cc2c(cc1OC(=O)N1CCC(N3CCCC3)CC1)C[C@@H](CCCS(=O)CCCC(F)(F)C(F)(F)F)[C@@H]1[C@@H]2CC[C@]2(C)C(=O)CC[C@@H]12. The van der Waals surface area contributed by atoms with Gasteiger partial charge in [-0.15, -0.1) is 0 Å². The van der Waals surface area contributed by atoms with Crippen LogP contribution in [0, 0.1) is 23.2 Å². The van der Waals surface area contributed by atoms with E-state index in [1.807, 2.05) is 4.90 Å². The molecule has 50 heavy (non-hydrogen) atoms. The first-order chi connectivity index (χ1) is 23.7. The maximum Gasteiger partial charge on any atom is 0.453 e. The summed E-state index contributed by atoms with van der Waals surface area (Å²) in [5, 5.41) is 0. The Morgan fingerprint density at radius 2 is 1.70 bits per heavy atom. The number of amides is 1. The summed E-state index contributed by atoms with van der Waals surface area (Å²) >= 11 is 0. The van der Waals surface area contributed by atoms with Gasteiger partial charge in [0.05, 0.1) is 0 Å². The van der Waals surface area contributed by atoms with Crippen molar-refractivity contribution in [1.29, 1.82) is 0 Å². The second kappa shape index (κ2) is 15.1. The Hall–Kier alpha value is -2.08. The molecule has 0 N–H and O–H groups in total. The van der Waals surface area contributed by atoms with Gasteiger partial charge in [0.2, 0.25) is 0 Å². The maximum absolute atomic E-state index is 13.4. The van der Waals surface area contributed by atoms with Gasteiger partial charge in [0.25, 0.3) is 0 Å². The molecule has 0 aromatic heterocycles. The van der Waals surface area contributed by atoms with Crippen molar-refractivity contribution in [3.8, 4) is 5.75 Å². The summed E-state index contributed by atoms with van der Waals surface area (Å²) < 4.78 is 83.2. The van der Waals surface area contributed by atoms with Crippen molar-refractivity contribution >= 4 is 22.7 Å². The van der Waals surface area contributed by atoms with E-state index in [0.29, 0.717) is 49.9 Å². The van der Waals surface area contributed by atoms with E-state index in [0.717, 1.165) is 69.2 Å². The van der Waals surface area contributed by atoms with E-state index in [-0.39, 0.29) is 46.7 Å². The van der Waals surface area contributed by atoms with E-state index in [4.69, 9.17) is 4.74 Å². The molecule has 2 aliphatic heterocycles. The Morgan fingerprint density at radius 3 is 2.38 bits per heavy atom. The molecule has 6 atom stereocenters. The lowest BCUT2D eigenvalue weighted by molar-refractivity contribution is -0.284. The Kier molecular flexibility index (Phi) is 11.4. The summed E-state index contributed by atoms with van der Waals surface area (Å²) in [6.45, 7) is 7.85. The summed E-state index contributed by atoms with van der Waals surface area (Å²) in [7, 11) is -1.50. The van der Waals surface area contributed by atoms with Crippen LogP contribution in [0.25, 0.3) is 0 Å². The topological polar surface area (TPSA) is 66.9 Å². The normalized spacial score (nSPS) is 29.8. The fourth-order valence-electron chi connectivity index (χ4n) is 10.2. The van der Waals surface area contributed by atoms with E-state index in [9.17, 15) is 35.8 Å². The van der Waals surface area contributed by atoms with Crippen LogP contribution in [0.3, 0.4) is 0 Å². The second-order valence-electron chi connectivity index (χ2n) is 15.8. The first kappa shape index (κ1) is 37.7. The second-order valence-corrected chi connectivity index (χ2v) is 17.5. The highest BCUT2D eigenvalue weighted by Gasteiger charge is 2.57. The number of fused-ring (bicyclic) bond motifs is 5. The van der Waals surface area contributed by atoms with Crippen molar-refractivity contribution in [1.82, 2.24) is 9.80 Å². The number of carbonyl (C=O) groups excluding carboxylic acids is 2. The van der Waals surface area contributed by atoms with Crippen LogP contribution < -0.4 is 4.74 Å². The Balaban J connectivity index is 1.14. The van der Waals surface area contributed by atoms with Crippen molar-refractivity contribution in [2.45, 2.75) is 128 Å². The van der Waals surface area contributed by atoms with Gasteiger partial charge in [-0.1, -0.05) is 19.9 Å². The van der Waals surface area contributed by atoms with Crippen molar-refractivity contribution in [2.75, 3.05) is 37.7 Å². The zero-order valence-electron chi connectivity index (χ0n) is 29.5. The predicted molar refractivity (Wildman–Crippen MR) is 183 cm³/mol. The lowest BCUT2D eigenvalue weighted by Crippen LogP contribution is -2.47. The number of carbonyl (C=O) groups is 2. The first-order valence-corrected chi connectivity index (χ1v) is 20.4. The van der Waals surface area contributed by atoms with Gasteiger partial charge in [0.1, 0.15) is 11.5 Å². The fourth-order valence-corrected chi connectivity index (χ4v) is 11.3. The molecule has 2 saturated carbocycles. The van der Waals surface area contributed by atoms with E-state index < -0.39 is 35.7 Å². The third kappa shape index (κ3) is 7.67. The third-order valence-corrected chi connectivity index (χ3v) is 14.5. The maximum atomic E-state index is 13.4. The molecule has 0 spiro atoms. The number of rotatable bonds is 11. The number of Topliss-reactive ketones (excluding diaryl/α,β-unsaturated/α-hetero) is 1. The number of ketones is 1. The molecule has 1 aromatic rings. The van der Waals surface area contributed by atoms with Crippen molar-refractivity contribution in [2.24, 2.45) is 23.2 Å². The zero-order valence-corrected chi connectivity index (χ0v) is 30.3. The molecule has 1 unspecified atom stereocenters. The smallest absolute Gasteiger partial charge is 0.410 e. The number of nitrogens with zero attached hydrogens (tertiary/aromatic N) is 2. The van der Waals surface area contributed by atoms with Gasteiger partial charge < -0.3 is 14.5 Å². The quantitative estimate of drug-likeness (QED) is 0.214. The Morgan fingerprint density at radius 1 is 1.00 bits per heavy atom. The number of hydrogen-bond donors (Lipinski definition) is 0. The first-order valence-electron chi connectivity index (χ1n) is 18.9. The minimum atomic E-state index is -5.60. The van der Waals surface area contributed by atoms with Crippen molar-refractivity contribution in [3.63, 3.8) is 0 Å². The molecule has 6 rings (SSSR count). The molecule has 1 amide bonds. The number of hydrogen-bond acceptors (Lipinski definition) is 5. The van der Waals surface area contributed by atoms with Gasteiger partial charge in [-0.25, -0.2) is 4.79 Å². The fraction of sp³-hybridized carbons (Fsp3) is 0.789. The van der Waals surface area contributed by atoms with Crippen LogP contribution in [0.2, 0.25) is 0 Å². The number of piperidine rings is 1. The molecule has 3 aliphatic carbocycles. The summed E-state index contributed by atoms with van der Waals surface area (Å²) in [5.41, 5.74) is 3.08. The van der Waals surface area contributed by atoms with Gasteiger partial charge in [-0.2, -0.15) is 22.0 Å². The van der Waals surface area contributed by atoms with Gasteiger partial charge in [0, 0.05) is 59.7 Å². The van der Waals surface area contributed by atoms with E-state index in [2.05, 4.69) is 30.9 Å². The molecule has 0 bridgehead atoms. The number of likely N-dealkylation sites (tertiary alicyclic amines) is 2. The van der Waals surface area contributed by atoms with E-state index in [1.165, 1.54) is 18.4 Å². The van der Waals surface area contributed by atoms with Crippen LogP contribution in [0.5, 0.6) is 5.75 Å².